The average molecular weight is 334 g/mol. The molecule has 3 aromatic rings. The van der Waals surface area contributed by atoms with Crippen molar-refractivity contribution in [3.05, 3.63) is 84.4 Å². The van der Waals surface area contributed by atoms with Crippen LogP contribution < -0.4 is 14.2 Å². The second kappa shape index (κ2) is 8.25. The molecule has 0 saturated carbocycles. The molecular weight excluding hydrogens is 312 g/mol. The van der Waals surface area contributed by atoms with Gasteiger partial charge in [0.25, 0.3) is 0 Å². The molecular formula is C22H22O3. The first-order valence-corrected chi connectivity index (χ1v) is 8.38. The maximum Gasteiger partial charge on any atom is 0.130 e. The van der Waals surface area contributed by atoms with Gasteiger partial charge in [0.15, 0.2) is 0 Å². The van der Waals surface area contributed by atoms with Crippen molar-refractivity contribution < 1.29 is 14.2 Å². The summed E-state index contributed by atoms with van der Waals surface area (Å²) in [4.78, 5) is 0. The Hall–Kier alpha value is -2.94. The van der Waals surface area contributed by atoms with Crippen LogP contribution in [0.3, 0.4) is 0 Å². The largest absolute Gasteiger partial charge is 0.490 e. The Morgan fingerprint density at radius 1 is 0.720 bits per heavy atom. The smallest absolute Gasteiger partial charge is 0.130 e. The second-order valence-corrected chi connectivity index (χ2v) is 5.94. The van der Waals surface area contributed by atoms with E-state index in [1.54, 1.807) is 0 Å². The van der Waals surface area contributed by atoms with Gasteiger partial charge >= 0.3 is 0 Å². The Bertz CT molecular complexity index is 782. The molecule has 0 amide bonds. The molecule has 25 heavy (non-hydrogen) atoms. The predicted molar refractivity (Wildman–Crippen MR) is 99.7 cm³/mol. The van der Waals surface area contributed by atoms with Gasteiger partial charge in [0, 0.05) is 0 Å². The van der Waals surface area contributed by atoms with Crippen molar-refractivity contribution in [3.8, 4) is 23.0 Å². The van der Waals surface area contributed by atoms with Crippen molar-refractivity contribution in [2.75, 3.05) is 6.61 Å². The summed E-state index contributed by atoms with van der Waals surface area (Å²) >= 11 is 0. The van der Waals surface area contributed by atoms with Crippen molar-refractivity contribution in [1.29, 1.82) is 0 Å². The zero-order valence-electron chi connectivity index (χ0n) is 14.5. The molecule has 3 heteroatoms. The van der Waals surface area contributed by atoms with Crippen LogP contribution in [0.2, 0.25) is 0 Å². The lowest BCUT2D eigenvalue weighted by Gasteiger charge is -2.16. The second-order valence-electron chi connectivity index (χ2n) is 5.94. The van der Waals surface area contributed by atoms with Crippen LogP contribution in [0.15, 0.2) is 78.9 Å². The van der Waals surface area contributed by atoms with Gasteiger partial charge in [-0.1, -0.05) is 30.3 Å². The molecule has 0 heterocycles. The van der Waals surface area contributed by atoms with Crippen molar-refractivity contribution in [3.63, 3.8) is 0 Å². The van der Waals surface area contributed by atoms with Gasteiger partial charge in [0.05, 0.1) is 0 Å². The highest BCUT2D eigenvalue weighted by Crippen LogP contribution is 2.24. The highest BCUT2D eigenvalue weighted by atomic mass is 16.5. The first-order chi connectivity index (χ1) is 12.2. The van der Waals surface area contributed by atoms with Crippen LogP contribution >= 0.6 is 0 Å². The summed E-state index contributed by atoms with van der Waals surface area (Å²) in [6.07, 6.45) is -0.0543. The molecule has 0 aliphatic carbocycles. The van der Waals surface area contributed by atoms with Crippen molar-refractivity contribution >= 4 is 0 Å². The zero-order chi connectivity index (χ0) is 17.5. The number of hydrogen-bond donors (Lipinski definition) is 0. The van der Waals surface area contributed by atoms with Crippen molar-refractivity contribution in [2.45, 2.75) is 20.0 Å². The van der Waals surface area contributed by atoms with Gasteiger partial charge in [-0.05, 0) is 67.9 Å². The third-order valence-corrected chi connectivity index (χ3v) is 3.61. The van der Waals surface area contributed by atoms with E-state index in [0.29, 0.717) is 6.61 Å². The summed E-state index contributed by atoms with van der Waals surface area (Å²) in [5, 5.41) is 0. The average Bonchev–Trinajstić information content (AvgIpc) is 2.63. The Balaban J connectivity index is 1.50. The van der Waals surface area contributed by atoms with Gasteiger partial charge in [0.1, 0.15) is 35.7 Å². The molecule has 0 aliphatic heterocycles. The van der Waals surface area contributed by atoms with Crippen LogP contribution in [0.25, 0.3) is 0 Å². The Kier molecular flexibility index (Phi) is 5.57. The van der Waals surface area contributed by atoms with E-state index < -0.39 is 0 Å². The molecule has 0 saturated heterocycles. The van der Waals surface area contributed by atoms with Crippen LogP contribution in [-0.4, -0.2) is 12.7 Å². The molecule has 3 nitrogen and oxygen atoms in total. The molecule has 3 aromatic carbocycles. The molecule has 0 N–H and O–H groups in total. The van der Waals surface area contributed by atoms with Gasteiger partial charge in [0.2, 0.25) is 0 Å². The van der Waals surface area contributed by atoms with Gasteiger partial charge < -0.3 is 14.2 Å². The SMILES string of the molecule is Cc1cccc(OCC(C)Oc2ccc(Oc3ccccc3)cc2)c1. The quantitative estimate of drug-likeness (QED) is 0.560. The number of rotatable bonds is 7. The minimum absolute atomic E-state index is 0.0543. The normalized spacial score (nSPS) is 11.6. The molecule has 0 spiro atoms. The van der Waals surface area contributed by atoms with E-state index in [4.69, 9.17) is 14.2 Å². The highest BCUT2D eigenvalue weighted by molar-refractivity contribution is 5.35. The van der Waals surface area contributed by atoms with Crippen LogP contribution in [0, 0.1) is 6.92 Å². The van der Waals surface area contributed by atoms with Crippen LogP contribution in [0.4, 0.5) is 0 Å². The van der Waals surface area contributed by atoms with Gasteiger partial charge in [-0.2, -0.15) is 0 Å². The predicted octanol–water partition coefficient (Wildman–Crippen LogP) is 5.63. The Morgan fingerprint density at radius 2 is 1.36 bits per heavy atom. The minimum Gasteiger partial charge on any atom is -0.490 e. The number of aryl methyl sites for hydroxylation is 1. The summed E-state index contributed by atoms with van der Waals surface area (Å²) in [7, 11) is 0. The van der Waals surface area contributed by atoms with Crippen molar-refractivity contribution in [1.82, 2.24) is 0 Å². The molecule has 1 atom stereocenters. The van der Waals surface area contributed by atoms with Crippen LogP contribution in [0.5, 0.6) is 23.0 Å². The van der Waals surface area contributed by atoms with Gasteiger partial charge in [-0.3, -0.25) is 0 Å². The summed E-state index contributed by atoms with van der Waals surface area (Å²) in [5.74, 6) is 3.25. The fourth-order valence-electron chi connectivity index (χ4n) is 2.40. The molecule has 0 aromatic heterocycles. The van der Waals surface area contributed by atoms with E-state index in [1.165, 1.54) is 5.56 Å². The molecule has 0 fully saturated rings. The maximum atomic E-state index is 5.89. The van der Waals surface area contributed by atoms with Crippen LogP contribution in [-0.2, 0) is 0 Å². The lowest BCUT2D eigenvalue weighted by Crippen LogP contribution is -2.21. The van der Waals surface area contributed by atoms with Gasteiger partial charge in [-0.15, -0.1) is 0 Å². The minimum atomic E-state index is -0.0543. The number of ether oxygens (including phenoxy) is 3. The van der Waals surface area contributed by atoms with E-state index in [1.807, 2.05) is 92.7 Å². The fourth-order valence-corrected chi connectivity index (χ4v) is 2.40. The van der Waals surface area contributed by atoms with Crippen LogP contribution in [0.1, 0.15) is 12.5 Å². The summed E-state index contributed by atoms with van der Waals surface area (Å²) < 4.78 is 17.4. The molecule has 0 bridgehead atoms. The molecule has 3 rings (SSSR count). The first-order valence-electron chi connectivity index (χ1n) is 8.38. The van der Waals surface area contributed by atoms with E-state index >= 15 is 0 Å². The standard InChI is InChI=1S/C22H22O3/c1-17-7-6-10-22(15-17)23-16-18(2)24-20-11-13-21(14-12-20)25-19-8-4-3-5-9-19/h3-15,18H,16H2,1-2H3. The van der Waals surface area contributed by atoms with Crippen molar-refractivity contribution in [2.24, 2.45) is 0 Å². The lowest BCUT2D eigenvalue weighted by atomic mass is 10.2. The van der Waals surface area contributed by atoms with E-state index in [9.17, 15) is 0 Å². The third kappa shape index (κ3) is 5.28. The summed E-state index contributed by atoms with van der Waals surface area (Å²) in [6, 6.07) is 25.3. The Labute approximate surface area is 148 Å². The first kappa shape index (κ1) is 16.9. The third-order valence-electron chi connectivity index (χ3n) is 3.61. The fraction of sp³-hybridized carbons (Fsp3) is 0.182. The maximum absolute atomic E-state index is 5.89. The number of hydrogen-bond acceptors (Lipinski definition) is 3. The lowest BCUT2D eigenvalue weighted by molar-refractivity contribution is 0.143. The molecule has 0 aliphatic rings. The van der Waals surface area contributed by atoms with Gasteiger partial charge in [-0.25, -0.2) is 0 Å². The molecule has 128 valence electrons. The summed E-state index contributed by atoms with van der Waals surface area (Å²) in [6.45, 7) is 4.53. The molecule has 0 radical (unpaired) electrons. The topological polar surface area (TPSA) is 27.7 Å². The monoisotopic (exact) mass is 334 g/mol. The van der Waals surface area contributed by atoms with E-state index in [2.05, 4.69) is 0 Å². The zero-order valence-corrected chi connectivity index (χ0v) is 14.5. The summed E-state index contributed by atoms with van der Waals surface area (Å²) in [5.41, 5.74) is 1.18. The highest BCUT2D eigenvalue weighted by Gasteiger charge is 2.06. The molecule has 1 unspecified atom stereocenters. The Morgan fingerprint density at radius 3 is 2.08 bits per heavy atom. The van der Waals surface area contributed by atoms with E-state index in [0.717, 1.165) is 23.0 Å². The van der Waals surface area contributed by atoms with E-state index in [-0.39, 0.29) is 6.10 Å². The number of benzene rings is 3. The number of para-hydroxylation sites is 1.